The summed E-state index contributed by atoms with van der Waals surface area (Å²) in [5.41, 5.74) is 0. The fourth-order valence-corrected chi connectivity index (χ4v) is 0.861. The molecule has 2 nitrogen and oxygen atoms in total. The zero-order valence-corrected chi connectivity index (χ0v) is 8.43. The minimum Gasteiger partial charge on any atom is -0.317 e. The molecule has 7 heteroatoms. The molecule has 0 fully saturated rings. The van der Waals surface area contributed by atoms with Gasteiger partial charge in [0.1, 0.15) is 0 Å². The Bertz CT molecular complexity index is 169. The van der Waals surface area contributed by atoms with Gasteiger partial charge in [-0.25, -0.2) is 0 Å². The van der Waals surface area contributed by atoms with Crippen LogP contribution in [0, 0.1) is 0 Å². The van der Waals surface area contributed by atoms with Crippen molar-refractivity contribution in [2.45, 2.75) is 25.4 Å². The van der Waals surface area contributed by atoms with Gasteiger partial charge in [-0.15, -0.1) is 0 Å². The fraction of sp³-hybridized carbons (Fsp3) is 1.00. The first-order chi connectivity index (χ1) is 6.81. The lowest BCUT2D eigenvalue weighted by atomic mass is 10.3. The Morgan fingerprint density at radius 3 is 1.93 bits per heavy atom. The Labute approximate surface area is 85.2 Å². The summed E-state index contributed by atoms with van der Waals surface area (Å²) >= 11 is 0. The van der Waals surface area contributed by atoms with Crippen LogP contribution in [0.15, 0.2) is 0 Å². The van der Waals surface area contributed by atoms with Gasteiger partial charge in [0.05, 0.1) is 6.54 Å². The van der Waals surface area contributed by atoms with E-state index in [4.69, 9.17) is 0 Å². The largest absolute Gasteiger partial charge is 0.454 e. The molecule has 0 atom stereocenters. The molecule has 0 amide bonds. The molecule has 0 aromatic carbocycles. The molecule has 15 heavy (non-hydrogen) atoms. The van der Waals surface area contributed by atoms with Crippen molar-refractivity contribution in [3.05, 3.63) is 0 Å². The van der Waals surface area contributed by atoms with Gasteiger partial charge in [-0.05, 0) is 26.1 Å². The van der Waals surface area contributed by atoms with E-state index in [1.54, 1.807) is 0 Å². The first-order valence-electron chi connectivity index (χ1n) is 4.67. The van der Waals surface area contributed by atoms with Gasteiger partial charge >= 0.3 is 12.1 Å². The summed E-state index contributed by atoms with van der Waals surface area (Å²) in [6, 6.07) is 0. The summed E-state index contributed by atoms with van der Waals surface area (Å²) in [6.07, 6.45) is -4.95. The molecule has 0 aliphatic carbocycles. The number of nitrogens with one attached hydrogen (secondary N) is 2. The van der Waals surface area contributed by atoms with E-state index in [0.29, 0.717) is 13.0 Å². The molecule has 0 radical (unpaired) electrons. The summed E-state index contributed by atoms with van der Waals surface area (Å²) in [5.74, 6) is -4.65. The van der Waals surface area contributed by atoms with Gasteiger partial charge in [0, 0.05) is 0 Å². The Balaban J connectivity index is 3.58. The third kappa shape index (κ3) is 5.88. The Morgan fingerprint density at radius 2 is 1.47 bits per heavy atom. The van der Waals surface area contributed by atoms with Crippen LogP contribution in [-0.2, 0) is 0 Å². The molecule has 0 bridgehead atoms. The SMILES string of the molecule is CCNCCCNCC(F)(F)C(F)(F)F. The molecule has 0 rings (SSSR count). The second kappa shape index (κ2) is 6.22. The van der Waals surface area contributed by atoms with Crippen molar-refractivity contribution in [3.8, 4) is 0 Å². The van der Waals surface area contributed by atoms with Crippen LogP contribution < -0.4 is 10.6 Å². The van der Waals surface area contributed by atoms with Crippen LogP contribution in [-0.4, -0.2) is 38.3 Å². The third-order valence-electron chi connectivity index (χ3n) is 1.72. The van der Waals surface area contributed by atoms with Crippen LogP contribution in [0.25, 0.3) is 0 Å². The maximum Gasteiger partial charge on any atom is 0.454 e. The predicted octanol–water partition coefficient (Wildman–Crippen LogP) is 1.77. The van der Waals surface area contributed by atoms with Crippen molar-refractivity contribution in [1.82, 2.24) is 10.6 Å². The molecule has 0 aromatic heterocycles. The lowest BCUT2D eigenvalue weighted by molar-refractivity contribution is -0.279. The highest BCUT2D eigenvalue weighted by Gasteiger charge is 2.56. The summed E-state index contributed by atoms with van der Waals surface area (Å²) in [5, 5.41) is 5.01. The quantitative estimate of drug-likeness (QED) is 0.518. The predicted molar refractivity (Wildman–Crippen MR) is 47.0 cm³/mol. The molecule has 0 heterocycles. The van der Waals surface area contributed by atoms with Gasteiger partial charge in [-0.2, -0.15) is 22.0 Å². The molecule has 2 N–H and O–H groups in total. The normalized spacial score (nSPS) is 13.2. The van der Waals surface area contributed by atoms with Gasteiger partial charge in [-0.1, -0.05) is 6.92 Å². The zero-order valence-electron chi connectivity index (χ0n) is 8.43. The van der Waals surface area contributed by atoms with E-state index >= 15 is 0 Å². The average molecular weight is 234 g/mol. The van der Waals surface area contributed by atoms with Crippen LogP contribution in [0.2, 0.25) is 0 Å². The number of alkyl halides is 5. The first kappa shape index (κ1) is 14.6. The highest BCUT2D eigenvalue weighted by molar-refractivity contribution is 4.78. The van der Waals surface area contributed by atoms with E-state index in [1.807, 2.05) is 6.92 Å². The second-order valence-electron chi connectivity index (χ2n) is 3.09. The zero-order chi connectivity index (χ0) is 11.9. The lowest BCUT2D eigenvalue weighted by Gasteiger charge is -2.19. The molecule has 92 valence electrons. The maximum atomic E-state index is 12.3. The van der Waals surface area contributed by atoms with Crippen LogP contribution in [0.1, 0.15) is 13.3 Å². The van der Waals surface area contributed by atoms with Gasteiger partial charge in [0.15, 0.2) is 0 Å². The van der Waals surface area contributed by atoms with Crippen molar-refractivity contribution in [3.63, 3.8) is 0 Å². The summed E-state index contributed by atoms with van der Waals surface area (Å²) in [7, 11) is 0. The maximum absolute atomic E-state index is 12.3. The highest BCUT2D eigenvalue weighted by atomic mass is 19.4. The van der Waals surface area contributed by atoms with E-state index < -0.39 is 18.6 Å². The monoisotopic (exact) mass is 234 g/mol. The molecule has 0 aromatic rings. The standard InChI is InChI=1S/C8H15F5N2/c1-2-14-4-3-5-15-6-7(9,10)8(11,12)13/h14-15H,2-6H2,1H3. The third-order valence-corrected chi connectivity index (χ3v) is 1.72. The van der Waals surface area contributed by atoms with Crippen molar-refractivity contribution in [2.24, 2.45) is 0 Å². The molecule has 0 aliphatic heterocycles. The van der Waals surface area contributed by atoms with Crippen molar-refractivity contribution >= 4 is 0 Å². The van der Waals surface area contributed by atoms with Crippen LogP contribution in [0.3, 0.4) is 0 Å². The van der Waals surface area contributed by atoms with Gasteiger partial charge in [0.2, 0.25) is 0 Å². The lowest BCUT2D eigenvalue weighted by Crippen LogP contribution is -2.45. The molecule has 0 unspecified atom stereocenters. The fourth-order valence-electron chi connectivity index (χ4n) is 0.861. The highest BCUT2D eigenvalue weighted by Crippen LogP contribution is 2.34. The van der Waals surface area contributed by atoms with Crippen LogP contribution in [0.5, 0.6) is 0 Å². The Morgan fingerprint density at radius 1 is 0.933 bits per heavy atom. The van der Waals surface area contributed by atoms with Gasteiger partial charge in [0.25, 0.3) is 0 Å². The first-order valence-corrected chi connectivity index (χ1v) is 4.67. The molecule has 0 saturated carbocycles. The topological polar surface area (TPSA) is 24.1 Å². The van der Waals surface area contributed by atoms with Crippen LogP contribution in [0.4, 0.5) is 22.0 Å². The molecule has 0 saturated heterocycles. The van der Waals surface area contributed by atoms with Crippen molar-refractivity contribution in [1.29, 1.82) is 0 Å². The molecule has 0 spiro atoms. The summed E-state index contributed by atoms with van der Waals surface area (Å²) in [4.78, 5) is 0. The van der Waals surface area contributed by atoms with Crippen LogP contribution >= 0.6 is 0 Å². The molecular formula is C8H15F5N2. The minimum atomic E-state index is -5.47. The molecule has 0 aliphatic rings. The van der Waals surface area contributed by atoms with Crippen molar-refractivity contribution < 1.29 is 22.0 Å². The average Bonchev–Trinajstić information content (AvgIpc) is 2.09. The summed E-state index contributed by atoms with van der Waals surface area (Å²) in [6.45, 7) is 2.01. The number of hydrogen-bond acceptors (Lipinski definition) is 2. The van der Waals surface area contributed by atoms with Crippen molar-refractivity contribution in [2.75, 3.05) is 26.2 Å². The van der Waals surface area contributed by atoms with E-state index in [-0.39, 0.29) is 6.54 Å². The number of hydrogen-bond donors (Lipinski definition) is 2. The Hall–Kier alpha value is -0.430. The van der Waals surface area contributed by atoms with Gasteiger partial charge in [-0.3, -0.25) is 0 Å². The Kier molecular flexibility index (Phi) is 6.04. The van der Waals surface area contributed by atoms with E-state index in [0.717, 1.165) is 6.54 Å². The number of rotatable bonds is 7. The van der Waals surface area contributed by atoms with Gasteiger partial charge < -0.3 is 10.6 Å². The summed E-state index contributed by atoms with van der Waals surface area (Å²) < 4.78 is 59.6. The molecular weight excluding hydrogens is 219 g/mol. The minimum absolute atomic E-state index is 0.138. The van der Waals surface area contributed by atoms with E-state index in [2.05, 4.69) is 10.6 Å². The smallest absolute Gasteiger partial charge is 0.317 e. The number of halogens is 5. The van der Waals surface area contributed by atoms with E-state index in [1.165, 1.54) is 0 Å². The van der Waals surface area contributed by atoms with E-state index in [9.17, 15) is 22.0 Å². The second-order valence-corrected chi connectivity index (χ2v) is 3.09.